The van der Waals surface area contributed by atoms with Gasteiger partial charge in [-0.2, -0.15) is 0 Å². The number of methoxy groups -OCH3 is 1. The summed E-state index contributed by atoms with van der Waals surface area (Å²) in [5, 5.41) is -0.471. The fourth-order valence-electron chi connectivity index (χ4n) is 3.14. The van der Waals surface area contributed by atoms with Gasteiger partial charge in [-0.15, -0.1) is 0 Å². The first-order valence-electron chi connectivity index (χ1n) is 8.44. The first-order chi connectivity index (χ1) is 12.8. The van der Waals surface area contributed by atoms with Crippen LogP contribution in [0.5, 0.6) is 0 Å². The van der Waals surface area contributed by atoms with Crippen LogP contribution in [0.1, 0.15) is 23.9 Å². The molecule has 0 aliphatic carbocycles. The third-order valence-electron chi connectivity index (χ3n) is 4.52. The van der Waals surface area contributed by atoms with Gasteiger partial charge in [0.25, 0.3) is 11.1 Å². The molecule has 1 atom stereocenters. The van der Waals surface area contributed by atoms with Gasteiger partial charge in [0, 0.05) is 17.1 Å². The molecule has 1 fully saturated rings. The fraction of sp³-hybridized carbons (Fsp3) is 0.250. The highest BCUT2D eigenvalue weighted by atomic mass is 32.2. The van der Waals surface area contributed by atoms with Crippen LogP contribution in [-0.4, -0.2) is 39.7 Å². The van der Waals surface area contributed by atoms with Gasteiger partial charge in [0.15, 0.2) is 0 Å². The largest absolute Gasteiger partial charge is 0.467 e. The van der Waals surface area contributed by atoms with Crippen molar-refractivity contribution in [2.24, 2.45) is 0 Å². The summed E-state index contributed by atoms with van der Waals surface area (Å²) in [6, 6.07) is 10.9. The molecule has 2 aromatic rings. The molecule has 0 radical (unpaired) electrons. The van der Waals surface area contributed by atoms with E-state index in [9.17, 15) is 14.4 Å². The number of benzene rings is 1. The van der Waals surface area contributed by atoms with E-state index >= 15 is 0 Å². The lowest BCUT2D eigenvalue weighted by atomic mass is 10.2. The van der Waals surface area contributed by atoms with Crippen molar-refractivity contribution in [3.63, 3.8) is 0 Å². The molecule has 1 aliphatic heterocycles. The molecule has 1 saturated heterocycles. The highest BCUT2D eigenvalue weighted by molar-refractivity contribution is 8.18. The maximum Gasteiger partial charge on any atom is 0.328 e. The second kappa shape index (κ2) is 7.44. The third-order valence-corrected chi connectivity index (χ3v) is 5.41. The molecule has 2 heterocycles. The number of aromatic nitrogens is 1. The molecule has 1 aromatic carbocycles. The Labute approximate surface area is 161 Å². The monoisotopic (exact) mass is 384 g/mol. The van der Waals surface area contributed by atoms with E-state index in [-0.39, 0.29) is 0 Å². The van der Waals surface area contributed by atoms with Crippen LogP contribution in [0.3, 0.4) is 0 Å². The van der Waals surface area contributed by atoms with Crippen LogP contribution in [0, 0.1) is 13.8 Å². The Bertz CT molecular complexity index is 946. The van der Waals surface area contributed by atoms with Crippen molar-refractivity contribution in [2.75, 3.05) is 7.11 Å². The number of para-hydroxylation sites is 1. The number of aryl methyl sites for hydroxylation is 1. The summed E-state index contributed by atoms with van der Waals surface area (Å²) >= 11 is 0.834. The summed E-state index contributed by atoms with van der Waals surface area (Å²) in [5.41, 5.74) is 3.87. The second-order valence-electron chi connectivity index (χ2n) is 6.25. The summed E-state index contributed by atoms with van der Waals surface area (Å²) in [7, 11) is 1.23. The maximum absolute atomic E-state index is 12.7. The number of hydrogen-bond acceptors (Lipinski definition) is 5. The lowest BCUT2D eigenvalue weighted by Gasteiger charge is -2.18. The number of imide groups is 1. The van der Waals surface area contributed by atoms with Crippen LogP contribution in [0.2, 0.25) is 0 Å². The van der Waals surface area contributed by atoms with Crippen LogP contribution in [0.15, 0.2) is 41.3 Å². The van der Waals surface area contributed by atoms with Crippen molar-refractivity contribution < 1.29 is 19.1 Å². The molecule has 1 aliphatic rings. The molecule has 27 heavy (non-hydrogen) atoms. The molecule has 3 rings (SSSR count). The second-order valence-corrected chi connectivity index (χ2v) is 7.24. The number of rotatable bonds is 4. The standard InChI is InChI=1S/C20H20N2O4S/c1-12-10-15(13(2)21(12)16-8-6-5-7-9-16)11-17-18(23)22(20(25)27-17)14(3)19(24)26-4/h5-11,14H,1-4H3/b17-11-/t14-/m0/s1. The van der Waals surface area contributed by atoms with E-state index in [2.05, 4.69) is 9.30 Å². The lowest BCUT2D eigenvalue weighted by molar-refractivity contribution is -0.148. The Morgan fingerprint density at radius 2 is 1.85 bits per heavy atom. The number of ether oxygens (including phenoxy) is 1. The third kappa shape index (κ3) is 3.42. The minimum absolute atomic E-state index is 0.295. The number of nitrogens with zero attached hydrogens (tertiary/aromatic N) is 2. The molecule has 2 amide bonds. The van der Waals surface area contributed by atoms with Crippen molar-refractivity contribution >= 4 is 35.0 Å². The quantitative estimate of drug-likeness (QED) is 0.594. The van der Waals surface area contributed by atoms with Gasteiger partial charge in [-0.05, 0) is 62.4 Å². The lowest BCUT2D eigenvalue weighted by Crippen LogP contribution is -2.42. The number of amides is 2. The Balaban J connectivity index is 1.96. The summed E-state index contributed by atoms with van der Waals surface area (Å²) in [6.07, 6.45) is 1.71. The minimum Gasteiger partial charge on any atom is -0.467 e. The van der Waals surface area contributed by atoms with Gasteiger partial charge >= 0.3 is 5.97 Å². The average Bonchev–Trinajstić information content (AvgIpc) is 3.09. The summed E-state index contributed by atoms with van der Waals surface area (Å²) in [6.45, 7) is 5.43. The number of carbonyl (C=O) groups excluding carboxylic acids is 3. The zero-order chi connectivity index (χ0) is 19.7. The minimum atomic E-state index is -0.954. The predicted octanol–water partition coefficient (Wildman–Crippen LogP) is 3.69. The van der Waals surface area contributed by atoms with E-state index in [1.807, 2.05) is 50.2 Å². The van der Waals surface area contributed by atoms with E-state index in [4.69, 9.17) is 0 Å². The summed E-state index contributed by atoms with van der Waals surface area (Å²) in [4.78, 5) is 37.8. The zero-order valence-electron chi connectivity index (χ0n) is 15.6. The van der Waals surface area contributed by atoms with Crippen LogP contribution in [-0.2, 0) is 14.3 Å². The molecule has 1 aromatic heterocycles. The molecule has 6 nitrogen and oxygen atoms in total. The van der Waals surface area contributed by atoms with Gasteiger partial charge in [0.05, 0.1) is 12.0 Å². The van der Waals surface area contributed by atoms with E-state index < -0.39 is 23.2 Å². The van der Waals surface area contributed by atoms with Gasteiger partial charge in [-0.3, -0.25) is 14.5 Å². The number of esters is 1. The van der Waals surface area contributed by atoms with Gasteiger partial charge in [0.2, 0.25) is 0 Å². The number of thioether (sulfide) groups is 1. The molecular weight excluding hydrogens is 364 g/mol. The van der Waals surface area contributed by atoms with Gasteiger partial charge < -0.3 is 9.30 Å². The highest BCUT2D eigenvalue weighted by Gasteiger charge is 2.41. The molecular formula is C20H20N2O4S. The first kappa shape index (κ1) is 19.0. The van der Waals surface area contributed by atoms with Crippen molar-refractivity contribution in [3.05, 3.63) is 58.3 Å². The Kier molecular flexibility index (Phi) is 5.23. The number of carbonyl (C=O) groups is 3. The molecule has 0 bridgehead atoms. The Morgan fingerprint density at radius 1 is 1.19 bits per heavy atom. The summed E-state index contributed by atoms with van der Waals surface area (Å²) < 4.78 is 6.74. The zero-order valence-corrected chi connectivity index (χ0v) is 16.4. The molecule has 0 spiro atoms. The van der Waals surface area contributed by atoms with Crippen molar-refractivity contribution in [1.29, 1.82) is 0 Å². The van der Waals surface area contributed by atoms with E-state index in [1.54, 1.807) is 6.08 Å². The molecule has 0 saturated carbocycles. The molecule has 0 unspecified atom stereocenters. The van der Waals surface area contributed by atoms with Gasteiger partial charge in [-0.1, -0.05) is 18.2 Å². The van der Waals surface area contributed by atoms with E-state index in [1.165, 1.54) is 14.0 Å². The SMILES string of the molecule is COC(=O)[C@H](C)N1C(=O)S/C(=C\c2cc(C)n(-c3ccccc3)c2C)C1=O. The summed E-state index contributed by atoms with van der Waals surface area (Å²) in [5.74, 6) is -1.10. The van der Waals surface area contributed by atoms with Gasteiger partial charge in [-0.25, -0.2) is 4.79 Å². The first-order valence-corrected chi connectivity index (χ1v) is 9.26. The smallest absolute Gasteiger partial charge is 0.328 e. The van der Waals surface area contributed by atoms with Crippen LogP contribution in [0.25, 0.3) is 11.8 Å². The van der Waals surface area contributed by atoms with E-state index in [0.29, 0.717) is 4.91 Å². The normalized spacial score (nSPS) is 16.9. The van der Waals surface area contributed by atoms with Crippen molar-refractivity contribution in [1.82, 2.24) is 9.47 Å². The number of hydrogen-bond donors (Lipinski definition) is 0. The van der Waals surface area contributed by atoms with Crippen LogP contribution >= 0.6 is 11.8 Å². The van der Waals surface area contributed by atoms with Crippen molar-refractivity contribution in [3.8, 4) is 5.69 Å². The Hall–Kier alpha value is -2.80. The maximum atomic E-state index is 12.7. The molecule has 7 heteroatoms. The van der Waals surface area contributed by atoms with E-state index in [0.717, 1.165) is 39.3 Å². The van der Waals surface area contributed by atoms with Crippen LogP contribution < -0.4 is 0 Å². The fourth-order valence-corrected chi connectivity index (χ4v) is 4.04. The molecule has 140 valence electrons. The molecule has 0 N–H and O–H groups in total. The topological polar surface area (TPSA) is 68.6 Å². The highest BCUT2D eigenvalue weighted by Crippen LogP contribution is 2.35. The van der Waals surface area contributed by atoms with Crippen molar-refractivity contribution in [2.45, 2.75) is 26.8 Å². The average molecular weight is 384 g/mol. The Morgan fingerprint density at radius 3 is 2.48 bits per heavy atom. The van der Waals surface area contributed by atoms with Gasteiger partial charge in [0.1, 0.15) is 6.04 Å². The predicted molar refractivity (Wildman–Crippen MR) is 105 cm³/mol. The van der Waals surface area contributed by atoms with Crippen LogP contribution in [0.4, 0.5) is 4.79 Å².